The maximum absolute atomic E-state index is 12.7. The first-order valence-corrected chi connectivity index (χ1v) is 7.02. The van der Waals surface area contributed by atoms with Crippen molar-refractivity contribution < 1.29 is 9.72 Å². The van der Waals surface area contributed by atoms with E-state index in [1.54, 1.807) is 4.90 Å². The summed E-state index contributed by atoms with van der Waals surface area (Å²) in [4.78, 5) is 28.5. The summed E-state index contributed by atoms with van der Waals surface area (Å²) < 4.78 is 0. The number of carbonyl (C=O) groups excluding carboxylic acids is 1. The van der Waals surface area contributed by atoms with Crippen molar-refractivity contribution in [3.05, 3.63) is 27.9 Å². The normalized spacial score (nSPS) is 25.7. The average molecular weight is 292 g/mol. The SMILES string of the molecule is CC1CC(C)C(C)N(C(=O)c2cc([N+](=O)[O-])cnc2N)C1. The fraction of sp³-hybridized carbons (Fsp3) is 0.571. The van der Waals surface area contributed by atoms with E-state index in [0.717, 1.165) is 12.6 Å². The van der Waals surface area contributed by atoms with E-state index in [0.29, 0.717) is 18.4 Å². The van der Waals surface area contributed by atoms with E-state index in [-0.39, 0.29) is 29.0 Å². The summed E-state index contributed by atoms with van der Waals surface area (Å²) in [6, 6.07) is 1.29. The molecule has 0 saturated carbocycles. The smallest absolute Gasteiger partial charge is 0.288 e. The van der Waals surface area contributed by atoms with Crippen LogP contribution in [0.4, 0.5) is 11.5 Å². The standard InChI is InChI=1S/C14H20N4O3/c1-8-4-9(2)10(3)17(7-8)14(19)12-5-11(18(20)21)6-16-13(12)15/h5-6,8-10H,4,7H2,1-3H3,(H2,15,16). The molecule has 1 aliphatic heterocycles. The van der Waals surface area contributed by atoms with Gasteiger partial charge in [-0.3, -0.25) is 14.9 Å². The summed E-state index contributed by atoms with van der Waals surface area (Å²) in [6.07, 6.45) is 2.13. The lowest BCUT2D eigenvalue weighted by Gasteiger charge is -2.41. The van der Waals surface area contributed by atoms with Gasteiger partial charge >= 0.3 is 0 Å². The monoisotopic (exact) mass is 292 g/mol. The molecule has 1 aliphatic rings. The predicted octanol–water partition coefficient (Wildman–Crippen LogP) is 2.08. The number of pyridine rings is 1. The number of carbonyl (C=O) groups is 1. The molecule has 2 N–H and O–H groups in total. The Morgan fingerprint density at radius 3 is 2.76 bits per heavy atom. The minimum Gasteiger partial charge on any atom is -0.383 e. The zero-order valence-corrected chi connectivity index (χ0v) is 12.4. The van der Waals surface area contributed by atoms with Crippen LogP contribution in [-0.2, 0) is 0 Å². The number of hydrogen-bond acceptors (Lipinski definition) is 5. The first-order chi connectivity index (χ1) is 9.81. The van der Waals surface area contributed by atoms with E-state index < -0.39 is 4.92 Å². The second-order valence-electron chi connectivity index (χ2n) is 5.90. The lowest BCUT2D eigenvalue weighted by Crippen LogP contribution is -2.49. The summed E-state index contributed by atoms with van der Waals surface area (Å²) in [6.45, 7) is 6.83. The van der Waals surface area contributed by atoms with Crippen molar-refractivity contribution in [2.24, 2.45) is 11.8 Å². The van der Waals surface area contributed by atoms with Crippen LogP contribution in [0.3, 0.4) is 0 Å². The number of piperidine rings is 1. The highest BCUT2D eigenvalue weighted by atomic mass is 16.6. The van der Waals surface area contributed by atoms with Crippen molar-refractivity contribution in [1.82, 2.24) is 9.88 Å². The fourth-order valence-corrected chi connectivity index (χ4v) is 2.87. The Morgan fingerprint density at radius 1 is 1.48 bits per heavy atom. The van der Waals surface area contributed by atoms with Crippen molar-refractivity contribution in [1.29, 1.82) is 0 Å². The van der Waals surface area contributed by atoms with E-state index in [1.807, 2.05) is 6.92 Å². The molecule has 3 unspecified atom stereocenters. The predicted molar refractivity (Wildman–Crippen MR) is 78.7 cm³/mol. The second kappa shape index (κ2) is 5.67. The summed E-state index contributed by atoms with van der Waals surface area (Å²) in [5.41, 5.74) is 5.62. The van der Waals surface area contributed by atoms with Crippen LogP contribution in [0.2, 0.25) is 0 Å². The number of anilines is 1. The molecular formula is C14H20N4O3. The molecule has 1 aromatic heterocycles. The van der Waals surface area contributed by atoms with Crippen molar-refractivity contribution in [2.45, 2.75) is 33.2 Å². The van der Waals surface area contributed by atoms with Gasteiger partial charge in [-0.15, -0.1) is 0 Å². The topological polar surface area (TPSA) is 102 Å². The van der Waals surface area contributed by atoms with E-state index in [2.05, 4.69) is 18.8 Å². The molecule has 1 aromatic rings. The molecule has 0 radical (unpaired) electrons. The Kier molecular flexibility index (Phi) is 4.11. The Hall–Kier alpha value is -2.18. The van der Waals surface area contributed by atoms with Crippen LogP contribution in [0.1, 0.15) is 37.6 Å². The molecule has 1 saturated heterocycles. The number of rotatable bonds is 2. The molecule has 21 heavy (non-hydrogen) atoms. The van der Waals surface area contributed by atoms with Crippen molar-refractivity contribution in [3.63, 3.8) is 0 Å². The highest BCUT2D eigenvalue weighted by Gasteiger charge is 2.33. The van der Waals surface area contributed by atoms with Gasteiger partial charge < -0.3 is 10.6 Å². The lowest BCUT2D eigenvalue weighted by molar-refractivity contribution is -0.385. The number of likely N-dealkylation sites (tertiary alicyclic amines) is 1. The highest BCUT2D eigenvalue weighted by Crippen LogP contribution is 2.29. The van der Waals surface area contributed by atoms with Gasteiger partial charge in [0, 0.05) is 18.7 Å². The van der Waals surface area contributed by atoms with Crippen molar-refractivity contribution in [3.8, 4) is 0 Å². The number of nitro groups is 1. The second-order valence-corrected chi connectivity index (χ2v) is 5.90. The Bertz CT molecular complexity index is 575. The van der Waals surface area contributed by atoms with Crippen molar-refractivity contribution >= 4 is 17.4 Å². The highest BCUT2D eigenvalue weighted by molar-refractivity contribution is 5.99. The van der Waals surface area contributed by atoms with Gasteiger partial charge in [0.05, 0.1) is 10.5 Å². The van der Waals surface area contributed by atoms with Gasteiger partial charge in [-0.1, -0.05) is 13.8 Å². The largest absolute Gasteiger partial charge is 0.383 e. The molecule has 7 heteroatoms. The first kappa shape index (κ1) is 15.2. The average Bonchev–Trinajstić information content (AvgIpc) is 2.42. The summed E-state index contributed by atoms with van der Waals surface area (Å²) >= 11 is 0. The third-order valence-electron chi connectivity index (χ3n) is 4.20. The number of nitrogens with two attached hydrogens (primary N) is 1. The van der Waals surface area contributed by atoms with Crippen LogP contribution in [0, 0.1) is 22.0 Å². The van der Waals surface area contributed by atoms with Crippen molar-refractivity contribution in [2.75, 3.05) is 12.3 Å². The van der Waals surface area contributed by atoms with E-state index >= 15 is 0 Å². The van der Waals surface area contributed by atoms with Crippen LogP contribution < -0.4 is 5.73 Å². The Balaban J connectivity index is 2.34. The third kappa shape index (κ3) is 2.96. The summed E-state index contributed by atoms with van der Waals surface area (Å²) in [5.74, 6) is 0.525. The minimum absolute atomic E-state index is 0.0312. The Morgan fingerprint density at radius 2 is 2.14 bits per heavy atom. The quantitative estimate of drug-likeness (QED) is 0.664. The van der Waals surface area contributed by atoms with E-state index in [4.69, 9.17) is 5.73 Å². The molecule has 0 spiro atoms. The molecule has 114 valence electrons. The number of hydrogen-bond donors (Lipinski definition) is 1. The van der Waals surface area contributed by atoms with Crippen LogP contribution in [0.15, 0.2) is 12.3 Å². The lowest BCUT2D eigenvalue weighted by atomic mass is 9.85. The molecule has 7 nitrogen and oxygen atoms in total. The van der Waals surface area contributed by atoms with Gasteiger partial charge in [-0.25, -0.2) is 4.98 Å². The van der Waals surface area contributed by atoms with Gasteiger partial charge in [0.1, 0.15) is 12.0 Å². The molecule has 1 fully saturated rings. The van der Waals surface area contributed by atoms with E-state index in [1.165, 1.54) is 6.07 Å². The van der Waals surface area contributed by atoms with Gasteiger partial charge in [-0.05, 0) is 25.2 Å². The number of nitrogens with zero attached hydrogens (tertiary/aromatic N) is 3. The minimum atomic E-state index is -0.575. The van der Waals surface area contributed by atoms with E-state index in [9.17, 15) is 14.9 Å². The zero-order valence-electron chi connectivity index (χ0n) is 12.4. The molecule has 1 amide bonds. The van der Waals surface area contributed by atoms with Crippen LogP contribution >= 0.6 is 0 Å². The molecule has 2 rings (SSSR count). The van der Waals surface area contributed by atoms with Gasteiger partial charge in [0.2, 0.25) is 0 Å². The molecule has 0 aromatic carbocycles. The third-order valence-corrected chi connectivity index (χ3v) is 4.20. The van der Waals surface area contributed by atoms with Gasteiger partial charge in [0.25, 0.3) is 11.6 Å². The maximum atomic E-state index is 12.7. The Labute approximate surface area is 123 Å². The number of amides is 1. The van der Waals surface area contributed by atoms with Gasteiger partial charge in [-0.2, -0.15) is 0 Å². The maximum Gasteiger partial charge on any atom is 0.288 e. The number of nitrogen functional groups attached to an aromatic ring is 1. The summed E-state index contributed by atoms with van der Waals surface area (Å²) in [7, 11) is 0. The number of aromatic nitrogens is 1. The fourth-order valence-electron chi connectivity index (χ4n) is 2.87. The van der Waals surface area contributed by atoms with Gasteiger partial charge in [0.15, 0.2) is 0 Å². The molecule has 0 bridgehead atoms. The molecular weight excluding hydrogens is 272 g/mol. The summed E-state index contributed by atoms with van der Waals surface area (Å²) in [5, 5.41) is 10.8. The zero-order chi connectivity index (χ0) is 15.7. The molecule has 2 heterocycles. The van der Waals surface area contributed by atoms with Crippen LogP contribution in [0.5, 0.6) is 0 Å². The molecule has 0 aliphatic carbocycles. The molecule has 3 atom stereocenters. The van der Waals surface area contributed by atoms with Crippen LogP contribution in [0.25, 0.3) is 0 Å². The first-order valence-electron chi connectivity index (χ1n) is 7.02. The van der Waals surface area contributed by atoms with Crippen LogP contribution in [-0.4, -0.2) is 33.3 Å².